The number of rotatable bonds is 2. The summed E-state index contributed by atoms with van der Waals surface area (Å²) in [6.07, 6.45) is 5.62. The Labute approximate surface area is 118 Å². The highest BCUT2D eigenvalue weighted by molar-refractivity contribution is 5.90. The number of likely N-dealkylation sites (tertiary alicyclic amines) is 1. The topological polar surface area (TPSA) is 87.9 Å². The number of carbonyl (C=O) groups excluding carboxylic acids is 1. The molecule has 1 aromatic heterocycles. The number of nitrogens with two attached hydrogens (primary N) is 1. The van der Waals surface area contributed by atoms with E-state index in [-0.39, 0.29) is 5.91 Å². The van der Waals surface area contributed by atoms with Crippen LogP contribution in [0.1, 0.15) is 54.5 Å². The molecular weight excluding hydrogens is 254 g/mol. The van der Waals surface area contributed by atoms with Crippen molar-refractivity contribution in [2.45, 2.75) is 44.1 Å². The van der Waals surface area contributed by atoms with Crippen molar-refractivity contribution in [1.82, 2.24) is 20.1 Å². The van der Waals surface area contributed by atoms with Gasteiger partial charge >= 0.3 is 0 Å². The van der Waals surface area contributed by atoms with E-state index in [2.05, 4.69) is 15.2 Å². The fraction of sp³-hybridized carbons (Fsp3) is 0.786. The van der Waals surface area contributed by atoms with Crippen LogP contribution in [0.2, 0.25) is 0 Å². The van der Waals surface area contributed by atoms with E-state index < -0.39 is 0 Å². The third kappa shape index (κ3) is 2.12. The third-order valence-electron chi connectivity index (χ3n) is 5.04. The number of H-pyrrole nitrogens is 1. The number of nitrogens with one attached hydrogen (secondary N) is 1. The molecule has 3 fully saturated rings. The molecule has 4 rings (SSSR count). The molecule has 0 aromatic carbocycles. The lowest BCUT2D eigenvalue weighted by atomic mass is 9.79. The van der Waals surface area contributed by atoms with E-state index in [9.17, 15) is 4.79 Å². The summed E-state index contributed by atoms with van der Waals surface area (Å²) in [4.78, 5) is 18.8. The van der Waals surface area contributed by atoms with Crippen LogP contribution in [0.4, 0.5) is 0 Å². The molecule has 0 bridgehead atoms. The molecule has 6 nitrogen and oxygen atoms in total. The quantitative estimate of drug-likeness (QED) is 0.838. The molecule has 2 saturated carbocycles. The van der Waals surface area contributed by atoms with Crippen LogP contribution in [0.25, 0.3) is 0 Å². The number of hydrogen-bond acceptors (Lipinski definition) is 4. The van der Waals surface area contributed by atoms with Crippen LogP contribution >= 0.6 is 0 Å². The monoisotopic (exact) mass is 275 g/mol. The van der Waals surface area contributed by atoms with Crippen LogP contribution in [0.5, 0.6) is 0 Å². The van der Waals surface area contributed by atoms with Crippen LogP contribution in [0, 0.1) is 11.8 Å². The molecule has 1 amide bonds. The number of fused-ring (bicyclic) bond motifs is 1. The fourth-order valence-corrected chi connectivity index (χ4v) is 3.68. The lowest BCUT2D eigenvalue weighted by Crippen LogP contribution is -2.32. The van der Waals surface area contributed by atoms with E-state index in [1.165, 1.54) is 0 Å². The Morgan fingerprint density at radius 3 is 2.80 bits per heavy atom. The van der Waals surface area contributed by atoms with E-state index in [1.54, 1.807) is 0 Å². The van der Waals surface area contributed by atoms with Crippen molar-refractivity contribution in [3.8, 4) is 0 Å². The number of carbonyl (C=O) groups is 1. The largest absolute Gasteiger partial charge is 0.335 e. The fourth-order valence-electron chi connectivity index (χ4n) is 3.68. The molecule has 1 aromatic rings. The van der Waals surface area contributed by atoms with E-state index >= 15 is 0 Å². The van der Waals surface area contributed by atoms with E-state index in [0.29, 0.717) is 29.6 Å². The Kier molecular flexibility index (Phi) is 2.80. The first kappa shape index (κ1) is 12.3. The Hall–Kier alpha value is -1.43. The number of aromatic nitrogens is 3. The van der Waals surface area contributed by atoms with Crippen molar-refractivity contribution in [2.75, 3.05) is 13.1 Å². The van der Waals surface area contributed by atoms with Gasteiger partial charge in [0.25, 0.3) is 5.91 Å². The summed E-state index contributed by atoms with van der Waals surface area (Å²) in [7, 11) is 0. The van der Waals surface area contributed by atoms with Gasteiger partial charge in [0.15, 0.2) is 0 Å². The van der Waals surface area contributed by atoms with Gasteiger partial charge in [-0.1, -0.05) is 0 Å². The minimum Gasteiger partial charge on any atom is -0.335 e. The molecule has 3 atom stereocenters. The predicted octanol–water partition coefficient (Wildman–Crippen LogP) is 0.881. The first-order chi connectivity index (χ1) is 9.70. The summed E-state index contributed by atoms with van der Waals surface area (Å²) < 4.78 is 0. The molecule has 20 heavy (non-hydrogen) atoms. The molecule has 108 valence electrons. The number of nitrogens with zero attached hydrogens (tertiary/aromatic N) is 3. The minimum atomic E-state index is -0.0175. The zero-order valence-corrected chi connectivity index (χ0v) is 11.6. The summed E-state index contributed by atoms with van der Waals surface area (Å²) in [5, 5.41) is 7.02. The lowest BCUT2D eigenvalue weighted by Gasteiger charge is -2.27. The van der Waals surface area contributed by atoms with Crippen molar-refractivity contribution >= 4 is 5.91 Å². The van der Waals surface area contributed by atoms with Gasteiger partial charge in [-0.2, -0.15) is 0 Å². The van der Waals surface area contributed by atoms with E-state index in [1.807, 2.05) is 4.90 Å². The molecule has 2 aliphatic carbocycles. The van der Waals surface area contributed by atoms with Crippen LogP contribution < -0.4 is 5.73 Å². The molecule has 3 aliphatic rings. The SMILES string of the molecule is NC1CC[C@@H]2CN(C(=O)c3n[nH]c(C4CC4)n3)C[C@@H]2C1. The second kappa shape index (κ2) is 4.55. The summed E-state index contributed by atoms with van der Waals surface area (Å²) in [5.41, 5.74) is 6.03. The standard InChI is InChI=1S/C14H21N5O/c15-11-4-3-9-6-19(7-10(9)5-11)14(20)13-16-12(17-18-13)8-1-2-8/h8-11H,1-7,15H2,(H,16,17,18)/t9-,10+,11?/m1/s1. The maximum absolute atomic E-state index is 12.5. The molecule has 2 heterocycles. The highest BCUT2D eigenvalue weighted by Gasteiger charge is 2.39. The Balaban J connectivity index is 1.45. The molecule has 1 unspecified atom stereocenters. The van der Waals surface area contributed by atoms with Crippen molar-refractivity contribution in [2.24, 2.45) is 17.6 Å². The highest BCUT2D eigenvalue weighted by Crippen LogP contribution is 2.38. The third-order valence-corrected chi connectivity index (χ3v) is 5.04. The van der Waals surface area contributed by atoms with Crippen LogP contribution in [0.3, 0.4) is 0 Å². The first-order valence-corrected chi connectivity index (χ1v) is 7.68. The average molecular weight is 275 g/mol. The first-order valence-electron chi connectivity index (χ1n) is 7.68. The van der Waals surface area contributed by atoms with Crippen molar-refractivity contribution in [3.05, 3.63) is 11.6 Å². The maximum Gasteiger partial charge on any atom is 0.293 e. The van der Waals surface area contributed by atoms with Gasteiger partial charge in [0.1, 0.15) is 5.82 Å². The zero-order chi connectivity index (χ0) is 13.7. The van der Waals surface area contributed by atoms with Gasteiger partial charge in [0.05, 0.1) is 0 Å². The van der Waals surface area contributed by atoms with Gasteiger partial charge < -0.3 is 10.6 Å². The average Bonchev–Trinajstić information content (AvgIpc) is 3.02. The number of aromatic amines is 1. The van der Waals surface area contributed by atoms with Gasteiger partial charge in [-0.25, -0.2) is 4.98 Å². The summed E-state index contributed by atoms with van der Waals surface area (Å²) in [5.74, 6) is 2.91. The van der Waals surface area contributed by atoms with Gasteiger partial charge in [-0.05, 0) is 43.9 Å². The molecule has 0 radical (unpaired) electrons. The van der Waals surface area contributed by atoms with Gasteiger partial charge in [0, 0.05) is 25.0 Å². The van der Waals surface area contributed by atoms with Gasteiger partial charge in [-0.15, -0.1) is 5.10 Å². The summed E-state index contributed by atoms with van der Waals surface area (Å²) in [6, 6.07) is 0.316. The van der Waals surface area contributed by atoms with Gasteiger partial charge in [0.2, 0.25) is 5.82 Å². The summed E-state index contributed by atoms with van der Waals surface area (Å²) >= 11 is 0. The Bertz CT molecular complexity index is 523. The molecule has 1 aliphatic heterocycles. The smallest absolute Gasteiger partial charge is 0.293 e. The maximum atomic E-state index is 12.5. The Morgan fingerprint density at radius 1 is 1.20 bits per heavy atom. The lowest BCUT2D eigenvalue weighted by molar-refractivity contribution is 0.0772. The van der Waals surface area contributed by atoms with Crippen LogP contribution in [-0.4, -0.2) is 45.1 Å². The number of hydrogen-bond donors (Lipinski definition) is 2. The molecule has 3 N–H and O–H groups in total. The predicted molar refractivity (Wildman–Crippen MR) is 73.1 cm³/mol. The molecule has 1 saturated heterocycles. The van der Waals surface area contributed by atoms with Gasteiger partial charge in [-0.3, -0.25) is 9.89 Å². The molecular formula is C14H21N5O. The second-order valence-electron chi connectivity index (χ2n) is 6.62. The van der Waals surface area contributed by atoms with Crippen LogP contribution in [0.15, 0.2) is 0 Å². The molecule has 6 heteroatoms. The zero-order valence-electron chi connectivity index (χ0n) is 11.6. The second-order valence-corrected chi connectivity index (χ2v) is 6.62. The van der Waals surface area contributed by atoms with E-state index in [0.717, 1.165) is 51.0 Å². The Morgan fingerprint density at radius 2 is 2.00 bits per heavy atom. The normalized spacial score (nSPS) is 33.2. The number of amides is 1. The van der Waals surface area contributed by atoms with Crippen molar-refractivity contribution in [3.63, 3.8) is 0 Å². The molecule has 0 spiro atoms. The van der Waals surface area contributed by atoms with Crippen molar-refractivity contribution < 1.29 is 4.79 Å². The van der Waals surface area contributed by atoms with E-state index in [4.69, 9.17) is 5.73 Å². The van der Waals surface area contributed by atoms with Crippen LogP contribution in [-0.2, 0) is 0 Å². The summed E-state index contributed by atoms with van der Waals surface area (Å²) in [6.45, 7) is 1.67. The minimum absolute atomic E-state index is 0.0175. The van der Waals surface area contributed by atoms with Crippen molar-refractivity contribution in [1.29, 1.82) is 0 Å². The highest BCUT2D eigenvalue weighted by atomic mass is 16.2.